The van der Waals surface area contributed by atoms with E-state index in [0.717, 1.165) is 9.87 Å². The Bertz CT molecular complexity index is 1230. The van der Waals surface area contributed by atoms with E-state index in [9.17, 15) is 13.2 Å². The Labute approximate surface area is 207 Å². The summed E-state index contributed by atoms with van der Waals surface area (Å²) in [5.41, 5.74) is 3.93. The number of rotatable bonds is 9. The maximum atomic E-state index is 13.2. The van der Waals surface area contributed by atoms with Crippen molar-refractivity contribution in [2.45, 2.75) is 11.3 Å². The molecule has 0 fully saturated rings. The van der Waals surface area contributed by atoms with Crippen molar-refractivity contribution >= 4 is 56.9 Å². The maximum Gasteiger partial charge on any atom is 0.255 e. The van der Waals surface area contributed by atoms with Crippen LogP contribution < -0.4 is 5.43 Å². The average molecular weight is 525 g/mol. The number of carbonyl (C=O) groups is 1. The summed E-state index contributed by atoms with van der Waals surface area (Å²) in [5.74, 6) is -0.586. The van der Waals surface area contributed by atoms with Crippen LogP contribution in [0.15, 0.2) is 82.8 Å². The minimum atomic E-state index is -3.94. The van der Waals surface area contributed by atoms with E-state index in [1.807, 2.05) is 30.3 Å². The van der Waals surface area contributed by atoms with E-state index in [-0.39, 0.29) is 11.4 Å². The van der Waals surface area contributed by atoms with Gasteiger partial charge < -0.3 is 0 Å². The predicted molar refractivity (Wildman–Crippen MR) is 133 cm³/mol. The second-order valence-electron chi connectivity index (χ2n) is 6.99. The van der Waals surface area contributed by atoms with Crippen molar-refractivity contribution in [3.63, 3.8) is 0 Å². The fourth-order valence-electron chi connectivity index (χ4n) is 2.91. The smallest absolute Gasteiger partial charge is 0.255 e. The molecule has 3 aromatic rings. The van der Waals surface area contributed by atoms with Crippen LogP contribution in [0, 0.1) is 0 Å². The van der Waals surface area contributed by atoms with Gasteiger partial charge in [0.2, 0.25) is 10.0 Å². The molecule has 0 saturated heterocycles. The van der Waals surface area contributed by atoms with Gasteiger partial charge in [-0.3, -0.25) is 4.79 Å². The van der Waals surface area contributed by atoms with Gasteiger partial charge in [-0.15, -0.1) is 0 Å². The molecule has 0 heterocycles. The molecule has 3 aromatic carbocycles. The largest absolute Gasteiger partial charge is 0.272 e. The second kappa shape index (κ2) is 11.6. The maximum absolute atomic E-state index is 13.2. The van der Waals surface area contributed by atoms with Crippen LogP contribution in [0.3, 0.4) is 0 Å². The minimum Gasteiger partial charge on any atom is -0.272 e. The normalized spacial score (nSPS) is 11.8. The van der Waals surface area contributed by atoms with Crippen LogP contribution >= 0.6 is 34.8 Å². The zero-order valence-corrected chi connectivity index (χ0v) is 20.4. The Morgan fingerprint density at radius 3 is 2.30 bits per heavy atom. The number of sulfonamides is 1. The molecule has 0 saturated carbocycles. The number of halogens is 3. The summed E-state index contributed by atoms with van der Waals surface area (Å²) in [7, 11) is -3.94. The Morgan fingerprint density at radius 1 is 0.939 bits per heavy atom. The molecule has 6 nitrogen and oxygen atoms in total. The summed E-state index contributed by atoms with van der Waals surface area (Å²) in [6, 6.07) is 20.1. The van der Waals surface area contributed by atoms with Crippen molar-refractivity contribution in [3.05, 3.63) is 99.0 Å². The molecule has 0 atom stereocenters. The van der Waals surface area contributed by atoms with Crippen LogP contribution in [-0.2, 0) is 21.2 Å². The molecule has 3 rings (SSSR count). The van der Waals surface area contributed by atoms with Crippen molar-refractivity contribution in [3.8, 4) is 0 Å². The third-order valence-corrected chi connectivity index (χ3v) is 7.46. The lowest BCUT2D eigenvalue weighted by molar-refractivity contribution is -0.121. The summed E-state index contributed by atoms with van der Waals surface area (Å²) in [5, 5.41) is 5.06. The van der Waals surface area contributed by atoms with Crippen LogP contribution in [0.25, 0.3) is 0 Å². The van der Waals surface area contributed by atoms with Gasteiger partial charge in [0.1, 0.15) is 0 Å². The zero-order chi connectivity index (χ0) is 23.8. The Morgan fingerprint density at radius 2 is 1.64 bits per heavy atom. The van der Waals surface area contributed by atoms with Gasteiger partial charge in [0.05, 0.1) is 27.7 Å². The Hall–Kier alpha value is -2.42. The first kappa shape index (κ1) is 25.2. The molecule has 0 aliphatic carbocycles. The SMILES string of the molecule is O=C(CN(CCc1ccccc1)S(=O)(=O)c1ccc(Cl)cc1)N/N=C\c1ccc(Cl)c(Cl)c1. The standard InChI is InChI=1S/C23H20Cl3N3O3S/c24-19-7-9-20(10-8-19)33(31,32)29(13-12-17-4-2-1-3-5-17)16-23(30)28-27-15-18-6-11-21(25)22(26)14-18/h1-11,14-15H,12-13,16H2,(H,28,30)/b27-15-. The third-order valence-electron chi connectivity index (χ3n) is 4.61. The van der Waals surface area contributed by atoms with Crippen LogP contribution in [0.2, 0.25) is 15.1 Å². The number of nitrogens with zero attached hydrogens (tertiary/aromatic N) is 2. The number of hydrogen-bond acceptors (Lipinski definition) is 4. The lowest BCUT2D eigenvalue weighted by Crippen LogP contribution is -2.40. The first-order valence-corrected chi connectivity index (χ1v) is 12.4. The molecule has 0 spiro atoms. The summed E-state index contributed by atoms with van der Waals surface area (Å²) >= 11 is 17.7. The van der Waals surface area contributed by atoms with Gasteiger partial charge in [-0.05, 0) is 53.9 Å². The molecule has 0 aliphatic rings. The molecule has 0 unspecified atom stereocenters. The monoisotopic (exact) mass is 523 g/mol. The summed E-state index contributed by atoms with van der Waals surface area (Å²) in [6.07, 6.45) is 1.83. The molecule has 10 heteroatoms. The van der Waals surface area contributed by atoms with E-state index >= 15 is 0 Å². The molecule has 1 N–H and O–H groups in total. The van der Waals surface area contributed by atoms with Crippen molar-refractivity contribution in [2.24, 2.45) is 5.10 Å². The fourth-order valence-corrected chi connectivity index (χ4v) is 4.73. The zero-order valence-electron chi connectivity index (χ0n) is 17.3. The van der Waals surface area contributed by atoms with E-state index in [1.54, 1.807) is 18.2 Å². The van der Waals surface area contributed by atoms with Gasteiger partial charge >= 0.3 is 0 Å². The lowest BCUT2D eigenvalue weighted by atomic mass is 10.1. The molecule has 172 valence electrons. The predicted octanol–water partition coefficient (Wildman–Crippen LogP) is 5.03. The quantitative estimate of drug-likeness (QED) is 0.315. The van der Waals surface area contributed by atoms with Crippen molar-refractivity contribution in [1.29, 1.82) is 0 Å². The van der Waals surface area contributed by atoms with Gasteiger partial charge in [-0.1, -0.05) is 71.2 Å². The number of hydrazone groups is 1. The third kappa shape index (κ3) is 7.28. The summed E-state index contributed by atoms with van der Waals surface area (Å²) in [4.78, 5) is 12.6. The number of benzene rings is 3. The molecular formula is C23H20Cl3N3O3S. The number of carbonyl (C=O) groups excluding carboxylic acids is 1. The summed E-state index contributed by atoms with van der Waals surface area (Å²) in [6.45, 7) is -0.296. The average Bonchev–Trinajstić information content (AvgIpc) is 2.80. The highest BCUT2D eigenvalue weighted by Crippen LogP contribution is 2.22. The second-order valence-corrected chi connectivity index (χ2v) is 10.2. The van der Waals surface area contributed by atoms with E-state index in [1.165, 1.54) is 30.5 Å². The topological polar surface area (TPSA) is 78.8 Å². The highest BCUT2D eigenvalue weighted by molar-refractivity contribution is 7.89. The number of nitrogens with one attached hydrogen (secondary N) is 1. The molecule has 33 heavy (non-hydrogen) atoms. The first-order chi connectivity index (χ1) is 15.8. The van der Waals surface area contributed by atoms with Gasteiger partial charge in [0.15, 0.2) is 0 Å². The van der Waals surface area contributed by atoms with Gasteiger partial charge in [-0.2, -0.15) is 9.41 Å². The molecule has 1 amide bonds. The minimum absolute atomic E-state index is 0.0482. The van der Waals surface area contributed by atoms with Crippen LogP contribution in [0.4, 0.5) is 0 Å². The van der Waals surface area contributed by atoms with Crippen molar-refractivity contribution < 1.29 is 13.2 Å². The van der Waals surface area contributed by atoms with E-state index in [2.05, 4.69) is 10.5 Å². The lowest BCUT2D eigenvalue weighted by Gasteiger charge is -2.21. The fraction of sp³-hybridized carbons (Fsp3) is 0.130. The molecule has 0 bridgehead atoms. The van der Waals surface area contributed by atoms with Crippen LogP contribution in [0.1, 0.15) is 11.1 Å². The van der Waals surface area contributed by atoms with E-state index in [4.69, 9.17) is 34.8 Å². The van der Waals surface area contributed by atoms with Gasteiger partial charge in [0.25, 0.3) is 5.91 Å². The molecule has 0 aromatic heterocycles. The summed E-state index contributed by atoms with van der Waals surface area (Å²) < 4.78 is 27.5. The Balaban J connectivity index is 1.73. The van der Waals surface area contributed by atoms with Crippen molar-refractivity contribution in [1.82, 2.24) is 9.73 Å². The number of hydrogen-bond donors (Lipinski definition) is 1. The van der Waals surface area contributed by atoms with Gasteiger partial charge in [-0.25, -0.2) is 13.8 Å². The molecule has 0 radical (unpaired) electrons. The van der Waals surface area contributed by atoms with Gasteiger partial charge in [0, 0.05) is 11.6 Å². The van der Waals surface area contributed by atoms with Crippen LogP contribution in [-0.4, -0.2) is 37.9 Å². The molecule has 0 aliphatic heterocycles. The highest BCUT2D eigenvalue weighted by Gasteiger charge is 2.26. The van der Waals surface area contributed by atoms with E-state index in [0.29, 0.717) is 27.1 Å². The Kier molecular flexibility index (Phi) is 8.88. The van der Waals surface area contributed by atoms with E-state index < -0.39 is 22.5 Å². The van der Waals surface area contributed by atoms with Crippen LogP contribution in [0.5, 0.6) is 0 Å². The number of amides is 1. The molecular weight excluding hydrogens is 505 g/mol. The highest BCUT2D eigenvalue weighted by atomic mass is 35.5. The first-order valence-electron chi connectivity index (χ1n) is 9.82. The van der Waals surface area contributed by atoms with Crippen molar-refractivity contribution in [2.75, 3.05) is 13.1 Å².